The molecule has 5 aliphatic rings. The number of allylic oxidation sites excluding steroid dienone is 4. The molecule has 11 atom stereocenters. The highest BCUT2D eigenvalue weighted by Crippen LogP contribution is 2.72. The van der Waals surface area contributed by atoms with E-state index in [-0.39, 0.29) is 30.1 Å². The van der Waals surface area contributed by atoms with E-state index >= 15 is 8.78 Å². The normalized spacial score (nSPS) is 55.0. The number of hydrogen-bond donors (Lipinski definition) is 1. The molecule has 0 aromatic rings. The van der Waals surface area contributed by atoms with Crippen molar-refractivity contribution in [1.29, 1.82) is 0 Å². The quantitative estimate of drug-likeness (QED) is 0.683. The zero-order valence-corrected chi connectivity index (χ0v) is 19.8. The van der Waals surface area contributed by atoms with E-state index in [1.165, 1.54) is 18.2 Å². The number of ether oxygens (including phenoxy) is 2. The number of halogens is 2. The molecule has 0 aromatic heterocycles. The van der Waals surface area contributed by atoms with Crippen LogP contribution in [0, 0.1) is 22.7 Å². The van der Waals surface area contributed by atoms with Gasteiger partial charge in [0, 0.05) is 23.0 Å². The van der Waals surface area contributed by atoms with Gasteiger partial charge in [0.2, 0.25) is 0 Å². The molecule has 0 spiro atoms. The Hall–Kier alpha value is -0.960. The van der Waals surface area contributed by atoms with E-state index in [9.17, 15) is 14.1 Å². The zero-order valence-electron chi connectivity index (χ0n) is 19.0. The maximum Gasteiger partial charge on any atom is 0.178 e. The average molecular weight is 471 g/mol. The molecule has 1 aliphatic heterocycles. The van der Waals surface area contributed by atoms with Gasteiger partial charge in [0.05, 0.1) is 16.9 Å². The fourth-order valence-electron chi connectivity index (χ4n) is 7.85. The van der Waals surface area contributed by atoms with Crippen molar-refractivity contribution in [3.05, 3.63) is 23.8 Å². The summed E-state index contributed by atoms with van der Waals surface area (Å²) >= 11 is 0. The lowest BCUT2D eigenvalue weighted by Crippen LogP contribution is -2.70. The van der Waals surface area contributed by atoms with Crippen LogP contribution in [0.15, 0.2) is 23.8 Å². The molecule has 0 amide bonds. The van der Waals surface area contributed by atoms with Crippen LogP contribution in [0.3, 0.4) is 0 Å². The first kappa shape index (κ1) is 22.8. The number of carbonyl (C=O) groups is 1. The molecule has 4 aliphatic carbocycles. The summed E-state index contributed by atoms with van der Waals surface area (Å²) in [5, 5.41) is 11.4. The van der Waals surface area contributed by atoms with E-state index in [2.05, 4.69) is 0 Å². The number of aliphatic hydroxyl groups is 1. The van der Waals surface area contributed by atoms with Gasteiger partial charge in [0.1, 0.15) is 12.3 Å². The third-order valence-electron chi connectivity index (χ3n) is 9.28. The lowest BCUT2D eigenvalue weighted by Gasteiger charge is -2.63. The summed E-state index contributed by atoms with van der Waals surface area (Å²) in [6.45, 7) is 5.50. The fourth-order valence-corrected chi connectivity index (χ4v) is 9.50. The van der Waals surface area contributed by atoms with E-state index < -0.39 is 62.8 Å². The van der Waals surface area contributed by atoms with E-state index in [1.807, 2.05) is 13.8 Å². The molecular weight excluding hydrogens is 438 g/mol. The summed E-state index contributed by atoms with van der Waals surface area (Å²) < 4.78 is 58.4. The smallest absolute Gasteiger partial charge is 0.178 e. The van der Waals surface area contributed by atoms with Gasteiger partial charge in [0.15, 0.2) is 22.7 Å². The Kier molecular flexibility index (Phi) is 5.01. The predicted molar refractivity (Wildman–Crippen MR) is 115 cm³/mol. The average Bonchev–Trinajstić information content (AvgIpc) is 3.19. The van der Waals surface area contributed by atoms with Gasteiger partial charge >= 0.3 is 0 Å². The molecule has 1 N–H and O–H groups in total. The highest BCUT2D eigenvalue weighted by Gasteiger charge is 2.79. The van der Waals surface area contributed by atoms with Crippen molar-refractivity contribution in [1.82, 2.24) is 0 Å². The number of hydrogen-bond acceptors (Lipinski definition) is 5. The lowest BCUT2D eigenvalue weighted by atomic mass is 9.45. The molecule has 0 bridgehead atoms. The van der Waals surface area contributed by atoms with E-state index in [0.29, 0.717) is 12.8 Å². The summed E-state index contributed by atoms with van der Waals surface area (Å²) in [6.07, 6.45) is 3.38. The SMILES string of the molecule is CCCC1O[C@@H]2C[C@H]3[C@@H]4C[C@H](F)C5=CC(=O)C=C[C@]5(C)[C@@]4(F)[C@@H](O)C[C@]3(C)[C@]2(S(C)=O)O1. The molecule has 4 fully saturated rings. The number of ketones is 1. The molecule has 1 heterocycles. The lowest BCUT2D eigenvalue weighted by molar-refractivity contribution is -0.222. The van der Waals surface area contributed by atoms with Crippen LogP contribution in [-0.2, 0) is 25.1 Å². The van der Waals surface area contributed by atoms with Crippen molar-refractivity contribution in [3.8, 4) is 0 Å². The van der Waals surface area contributed by atoms with Crippen molar-refractivity contribution in [2.75, 3.05) is 6.26 Å². The maximum absolute atomic E-state index is 17.2. The first-order valence-electron chi connectivity index (χ1n) is 11.6. The Morgan fingerprint density at radius 3 is 2.66 bits per heavy atom. The predicted octanol–water partition coefficient (Wildman–Crippen LogP) is 3.53. The van der Waals surface area contributed by atoms with Gasteiger partial charge in [-0.1, -0.05) is 26.3 Å². The summed E-state index contributed by atoms with van der Waals surface area (Å²) in [4.78, 5) is 10.8. The van der Waals surface area contributed by atoms with Gasteiger partial charge in [-0.25, -0.2) is 8.78 Å². The van der Waals surface area contributed by atoms with Crippen LogP contribution in [-0.4, -0.2) is 56.6 Å². The van der Waals surface area contributed by atoms with Gasteiger partial charge in [-0.15, -0.1) is 0 Å². The standard InChI is InChI=1S/C24H32F2O5S/c1-5-6-20-30-19-11-14-15-10-17(25)16-9-13(27)7-8-21(16,2)23(15,26)18(28)12-22(14,3)24(19,31-20)32(4)29/h7-9,14-15,17-20,28H,5-6,10-12H2,1-4H3/t14-,15-,17-,18-,19+,20?,21-,22-,23-,24-,32?/m0/s1. The monoisotopic (exact) mass is 470 g/mol. The largest absolute Gasteiger partial charge is 0.390 e. The van der Waals surface area contributed by atoms with Crippen LogP contribution in [0.2, 0.25) is 0 Å². The molecule has 2 unspecified atom stereocenters. The van der Waals surface area contributed by atoms with Gasteiger partial charge in [-0.2, -0.15) is 0 Å². The zero-order chi connectivity index (χ0) is 23.3. The van der Waals surface area contributed by atoms with Gasteiger partial charge in [0.25, 0.3) is 0 Å². The van der Waals surface area contributed by atoms with Crippen molar-refractivity contribution >= 4 is 16.6 Å². The summed E-state index contributed by atoms with van der Waals surface area (Å²) in [6, 6.07) is 0. The number of alkyl halides is 2. The second-order valence-corrected chi connectivity index (χ2v) is 12.2. The Morgan fingerprint density at radius 2 is 2.00 bits per heavy atom. The molecule has 8 heteroatoms. The van der Waals surface area contributed by atoms with Crippen molar-refractivity contribution in [3.63, 3.8) is 0 Å². The first-order valence-corrected chi connectivity index (χ1v) is 13.1. The van der Waals surface area contributed by atoms with E-state index in [1.54, 1.807) is 13.2 Å². The summed E-state index contributed by atoms with van der Waals surface area (Å²) in [7, 11) is -1.47. The van der Waals surface area contributed by atoms with Crippen LogP contribution < -0.4 is 0 Å². The summed E-state index contributed by atoms with van der Waals surface area (Å²) in [5.41, 5.74) is -4.31. The minimum absolute atomic E-state index is 0.0323. The van der Waals surface area contributed by atoms with Crippen LogP contribution in [0.4, 0.5) is 8.78 Å². The number of rotatable bonds is 3. The van der Waals surface area contributed by atoms with Crippen molar-refractivity contribution < 1.29 is 32.4 Å². The molecule has 178 valence electrons. The Bertz CT molecular complexity index is 937. The molecule has 1 saturated heterocycles. The van der Waals surface area contributed by atoms with E-state index in [4.69, 9.17) is 9.47 Å². The molecule has 5 rings (SSSR count). The van der Waals surface area contributed by atoms with Gasteiger partial charge in [-0.3, -0.25) is 9.00 Å². The first-order chi connectivity index (χ1) is 15.0. The highest BCUT2D eigenvalue weighted by atomic mass is 32.2. The molecular formula is C24H32F2O5S. The Balaban J connectivity index is 1.62. The third kappa shape index (κ3) is 2.48. The van der Waals surface area contributed by atoms with Crippen molar-refractivity contribution in [2.45, 2.75) is 88.1 Å². The van der Waals surface area contributed by atoms with E-state index in [0.717, 1.165) is 6.42 Å². The number of carbonyl (C=O) groups excluding carboxylic acids is 1. The molecule has 32 heavy (non-hydrogen) atoms. The van der Waals surface area contributed by atoms with Crippen LogP contribution in [0.25, 0.3) is 0 Å². The van der Waals surface area contributed by atoms with Gasteiger partial charge < -0.3 is 14.6 Å². The Labute approximate surface area is 190 Å². The second kappa shape index (κ2) is 7.03. The minimum atomic E-state index is -2.15. The summed E-state index contributed by atoms with van der Waals surface area (Å²) in [5.74, 6) is -1.57. The molecule has 3 saturated carbocycles. The van der Waals surface area contributed by atoms with Gasteiger partial charge in [-0.05, 0) is 56.3 Å². The third-order valence-corrected chi connectivity index (χ3v) is 11.0. The van der Waals surface area contributed by atoms with Crippen molar-refractivity contribution in [2.24, 2.45) is 22.7 Å². The molecule has 5 nitrogen and oxygen atoms in total. The fraction of sp³-hybridized carbons (Fsp3) is 0.792. The highest BCUT2D eigenvalue weighted by molar-refractivity contribution is 7.85. The van der Waals surface area contributed by atoms with Crippen LogP contribution in [0.1, 0.15) is 52.9 Å². The minimum Gasteiger partial charge on any atom is -0.390 e. The topological polar surface area (TPSA) is 72.8 Å². The second-order valence-electron chi connectivity index (χ2n) is 10.7. The molecule has 0 radical (unpaired) electrons. The maximum atomic E-state index is 17.2. The van der Waals surface area contributed by atoms with Crippen LogP contribution in [0.5, 0.6) is 0 Å². The number of fused-ring (bicyclic) bond motifs is 7. The Morgan fingerprint density at radius 1 is 1.28 bits per heavy atom. The van der Waals surface area contributed by atoms with Crippen LogP contribution >= 0.6 is 0 Å². The number of aliphatic hydroxyl groups excluding tert-OH is 1. The molecule has 0 aromatic carbocycles.